The lowest BCUT2D eigenvalue weighted by Gasteiger charge is -2.35. The zero-order chi connectivity index (χ0) is 27.7. The Hall–Kier alpha value is -3.28. The molecule has 1 aliphatic heterocycles. The van der Waals surface area contributed by atoms with Crippen LogP contribution in [0.1, 0.15) is 12.6 Å². The Morgan fingerprint density at radius 2 is 1.95 bits per heavy atom. The lowest BCUT2D eigenvalue weighted by molar-refractivity contribution is -0.274. The summed E-state index contributed by atoms with van der Waals surface area (Å²) in [4.78, 5) is 25.0. The third-order valence-electron chi connectivity index (χ3n) is 5.64. The molecule has 0 bridgehead atoms. The maximum absolute atomic E-state index is 13.1. The molecular formula is C21H24F3N7O5S2. The van der Waals surface area contributed by atoms with Gasteiger partial charge in [-0.25, -0.2) is 28.2 Å². The molecule has 1 fully saturated rings. The SMILES string of the molecule is Cc1nc(NC(=O)O)sc1S(=O)(=O)N1CCN(CC(C)Nc2ncnc3c(OC(F)(F)F)cccc23)CC1. The molecule has 0 spiro atoms. The minimum Gasteiger partial charge on any atom is -0.465 e. The molecule has 0 aliphatic carbocycles. The molecular weight excluding hydrogens is 551 g/mol. The molecule has 2 aromatic heterocycles. The van der Waals surface area contributed by atoms with Gasteiger partial charge in [-0.1, -0.05) is 17.4 Å². The zero-order valence-corrected chi connectivity index (χ0v) is 21.8. The summed E-state index contributed by atoms with van der Waals surface area (Å²) >= 11 is 0.766. The number of carboxylic acid groups (broad SMARTS) is 1. The first kappa shape index (κ1) is 27.7. The highest BCUT2D eigenvalue weighted by Gasteiger charge is 2.33. The van der Waals surface area contributed by atoms with Crippen molar-refractivity contribution >= 4 is 49.3 Å². The summed E-state index contributed by atoms with van der Waals surface area (Å²) in [6.45, 7) is 5.24. The van der Waals surface area contributed by atoms with Crippen LogP contribution in [0.15, 0.2) is 28.7 Å². The molecule has 0 saturated carbocycles. The van der Waals surface area contributed by atoms with E-state index in [4.69, 9.17) is 5.11 Å². The van der Waals surface area contributed by atoms with E-state index in [1.165, 1.54) is 23.4 Å². The molecule has 1 saturated heterocycles. The first-order chi connectivity index (χ1) is 17.8. The van der Waals surface area contributed by atoms with Gasteiger partial charge in [-0.2, -0.15) is 4.31 Å². The fourth-order valence-corrected chi connectivity index (χ4v) is 7.05. The highest BCUT2D eigenvalue weighted by Crippen LogP contribution is 2.32. The molecule has 3 N–H and O–H groups in total. The van der Waals surface area contributed by atoms with E-state index in [2.05, 4.69) is 35.2 Å². The molecule has 3 heterocycles. The Labute approximate surface area is 219 Å². The van der Waals surface area contributed by atoms with Crippen LogP contribution < -0.4 is 15.4 Å². The van der Waals surface area contributed by atoms with Crippen LogP contribution in [-0.4, -0.2) is 88.9 Å². The Kier molecular flexibility index (Phi) is 7.91. The number of hydrogen-bond acceptors (Lipinski definition) is 10. The van der Waals surface area contributed by atoms with Crippen LogP contribution >= 0.6 is 11.3 Å². The van der Waals surface area contributed by atoms with Crippen molar-refractivity contribution in [2.45, 2.75) is 30.5 Å². The summed E-state index contributed by atoms with van der Waals surface area (Å²) in [6, 6.07) is 4.02. The van der Waals surface area contributed by atoms with E-state index in [1.54, 1.807) is 6.07 Å². The largest absolute Gasteiger partial charge is 0.573 e. The number of aryl methyl sites for hydroxylation is 1. The number of alkyl halides is 3. The number of nitrogens with zero attached hydrogens (tertiary/aromatic N) is 5. The average molecular weight is 576 g/mol. The second kappa shape index (κ2) is 10.8. The molecule has 38 heavy (non-hydrogen) atoms. The predicted octanol–water partition coefficient (Wildman–Crippen LogP) is 3.19. The second-order valence-electron chi connectivity index (χ2n) is 8.49. The number of aromatic nitrogens is 3. The van der Waals surface area contributed by atoms with Crippen LogP contribution in [0.4, 0.5) is 28.9 Å². The molecule has 206 valence electrons. The first-order valence-electron chi connectivity index (χ1n) is 11.3. The van der Waals surface area contributed by atoms with Gasteiger partial charge in [0.25, 0.3) is 10.0 Å². The molecule has 17 heteroatoms. The van der Waals surface area contributed by atoms with Crippen molar-refractivity contribution in [1.29, 1.82) is 0 Å². The normalized spacial score (nSPS) is 16.3. The lowest BCUT2D eigenvalue weighted by Crippen LogP contribution is -2.50. The number of nitrogens with one attached hydrogen (secondary N) is 2. The summed E-state index contributed by atoms with van der Waals surface area (Å²) in [6.07, 6.45) is -5.03. The van der Waals surface area contributed by atoms with Gasteiger partial charge in [-0.15, -0.1) is 13.2 Å². The number of hydrogen-bond donors (Lipinski definition) is 3. The molecule has 0 radical (unpaired) electrons. The van der Waals surface area contributed by atoms with Crippen LogP contribution in [0.3, 0.4) is 0 Å². The van der Waals surface area contributed by atoms with Gasteiger partial charge in [0.05, 0.1) is 5.69 Å². The maximum atomic E-state index is 13.1. The molecule has 1 amide bonds. The van der Waals surface area contributed by atoms with E-state index in [-0.39, 0.29) is 39.7 Å². The second-order valence-corrected chi connectivity index (χ2v) is 11.6. The summed E-state index contributed by atoms with van der Waals surface area (Å²) in [5.74, 6) is -0.0738. The van der Waals surface area contributed by atoms with Gasteiger partial charge < -0.3 is 15.2 Å². The smallest absolute Gasteiger partial charge is 0.465 e. The van der Waals surface area contributed by atoms with Crippen molar-refractivity contribution in [3.8, 4) is 5.75 Å². The van der Waals surface area contributed by atoms with Crippen LogP contribution in [-0.2, 0) is 10.0 Å². The predicted molar refractivity (Wildman–Crippen MR) is 133 cm³/mol. The third kappa shape index (κ3) is 6.40. The number of thiazole rings is 1. The van der Waals surface area contributed by atoms with Gasteiger partial charge in [0.15, 0.2) is 15.1 Å². The Balaban J connectivity index is 1.38. The van der Waals surface area contributed by atoms with Gasteiger partial charge in [0.2, 0.25) is 0 Å². The van der Waals surface area contributed by atoms with Crippen LogP contribution in [0.25, 0.3) is 10.9 Å². The standard InChI is InChI=1S/C21H24F3N7O5S2/c1-12(27-17-14-4-3-5-15(36-21(22,23)24)16(14)25-11-26-17)10-30-6-8-31(9-7-30)38(34,35)18-13(2)28-19(37-18)29-20(32)33/h3-5,11-12H,6-10H2,1-2H3,(H,28,29)(H,32,33)(H,25,26,27). The Morgan fingerprint density at radius 1 is 1.24 bits per heavy atom. The van der Waals surface area contributed by atoms with Crippen molar-refractivity contribution < 1.29 is 36.2 Å². The maximum Gasteiger partial charge on any atom is 0.573 e. The number of fused-ring (bicyclic) bond motifs is 1. The summed E-state index contributed by atoms with van der Waals surface area (Å²) in [5, 5.41) is 14.5. The summed E-state index contributed by atoms with van der Waals surface area (Å²) in [7, 11) is -3.84. The van der Waals surface area contributed by atoms with Crippen molar-refractivity contribution in [3.05, 3.63) is 30.2 Å². The summed E-state index contributed by atoms with van der Waals surface area (Å²) < 4.78 is 69.9. The Morgan fingerprint density at radius 3 is 2.61 bits per heavy atom. The summed E-state index contributed by atoms with van der Waals surface area (Å²) in [5.41, 5.74) is 0.244. The average Bonchev–Trinajstić information content (AvgIpc) is 3.19. The van der Waals surface area contributed by atoms with Crippen LogP contribution in [0.5, 0.6) is 5.75 Å². The fraction of sp³-hybridized carbons (Fsp3) is 0.429. The minimum atomic E-state index is -4.86. The molecule has 3 aromatic rings. The van der Waals surface area contributed by atoms with Crippen molar-refractivity contribution in [1.82, 2.24) is 24.2 Å². The number of carbonyl (C=O) groups is 1. The van der Waals surface area contributed by atoms with Crippen LogP contribution in [0.2, 0.25) is 0 Å². The number of ether oxygens (including phenoxy) is 1. The molecule has 1 aliphatic rings. The van der Waals surface area contributed by atoms with Gasteiger partial charge in [-0.3, -0.25) is 10.2 Å². The third-order valence-corrected chi connectivity index (χ3v) is 9.20. The fourth-order valence-electron chi connectivity index (χ4n) is 4.09. The number of halogens is 3. The van der Waals surface area contributed by atoms with Gasteiger partial charge >= 0.3 is 12.5 Å². The molecule has 12 nitrogen and oxygen atoms in total. The van der Waals surface area contributed by atoms with E-state index in [0.29, 0.717) is 30.8 Å². The van der Waals surface area contributed by atoms with Gasteiger partial charge in [0.1, 0.15) is 17.7 Å². The van der Waals surface area contributed by atoms with E-state index >= 15 is 0 Å². The minimum absolute atomic E-state index is 0.00533. The topological polar surface area (TPSA) is 150 Å². The molecule has 1 atom stereocenters. The molecule has 1 aromatic carbocycles. The first-order valence-corrected chi connectivity index (χ1v) is 13.5. The van der Waals surface area contributed by atoms with Crippen LogP contribution in [0, 0.1) is 6.92 Å². The van der Waals surface area contributed by atoms with Crippen molar-refractivity contribution in [2.75, 3.05) is 43.4 Å². The van der Waals surface area contributed by atoms with E-state index in [0.717, 1.165) is 17.7 Å². The number of anilines is 2. The lowest BCUT2D eigenvalue weighted by atomic mass is 10.2. The molecule has 4 rings (SSSR count). The van der Waals surface area contributed by atoms with Crippen molar-refractivity contribution in [3.63, 3.8) is 0 Å². The monoisotopic (exact) mass is 575 g/mol. The number of amides is 1. The quantitative estimate of drug-likeness (QED) is 0.365. The van der Waals surface area contributed by atoms with Gasteiger partial charge in [-0.05, 0) is 26.0 Å². The highest BCUT2D eigenvalue weighted by atomic mass is 32.2. The van der Waals surface area contributed by atoms with Crippen molar-refractivity contribution in [2.24, 2.45) is 0 Å². The number of sulfonamides is 1. The zero-order valence-electron chi connectivity index (χ0n) is 20.2. The van der Waals surface area contributed by atoms with E-state index < -0.39 is 28.2 Å². The van der Waals surface area contributed by atoms with E-state index in [9.17, 15) is 26.4 Å². The highest BCUT2D eigenvalue weighted by molar-refractivity contribution is 7.91. The number of rotatable bonds is 8. The number of benzene rings is 1. The number of para-hydroxylation sites is 1. The van der Waals surface area contributed by atoms with E-state index in [1.807, 2.05) is 6.92 Å². The molecule has 1 unspecified atom stereocenters. The Bertz CT molecular complexity index is 1430. The van der Waals surface area contributed by atoms with Gasteiger partial charge in [0, 0.05) is 44.2 Å². The number of piperazine rings is 1.